The predicted molar refractivity (Wildman–Crippen MR) is 97.7 cm³/mol. The van der Waals surface area contributed by atoms with Crippen LogP contribution in [0, 0.1) is 11.8 Å². The molecule has 0 radical (unpaired) electrons. The maximum atomic E-state index is 5.41. The molecule has 24 heavy (non-hydrogen) atoms. The van der Waals surface area contributed by atoms with Gasteiger partial charge in [-0.05, 0) is 29.8 Å². The van der Waals surface area contributed by atoms with E-state index in [-0.39, 0.29) is 0 Å². The summed E-state index contributed by atoms with van der Waals surface area (Å²) in [6.45, 7) is 0. The van der Waals surface area contributed by atoms with Gasteiger partial charge in [-0.2, -0.15) is 0 Å². The van der Waals surface area contributed by atoms with Crippen molar-refractivity contribution in [3.8, 4) is 34.8 Å². The molecule has 0 saturated carbocycles. The number of methoxy groups -OCH3 is 4. The molecule has 0 heterocycles. The number of alkyl halides is 1. The second-order valence-electron chi connectivity index (χ2n) is 4.83. The van der Waals surface area contributed by atoms with Gasteiger partial charge in [-0.25, -0.2) is 0 Å². The van der Waals surface area contributed by atoms with E-state index in [9.17, 15) is 0 Å². The summed E-state index contributed by atoms with van der Waals surface area (Å²) >= 11 is 3.44. The van der Waals surface area contributed by atoms with Crippen molar-refractivity contribution < 1.29 is 18.9 Å². The molecule has 0 N–H and O–H groups in total. The molecular formula is C19H19BrO4. The first-order chi connectivity index (χ1) is 11.7. The van der Waals surface area contributed by atoms with Gasteiger partial charge in [0.05, 0.1) is 34.0 Å². The van der Waals surface area contributed by atoms with Gasteiger partial charge in [0.1, 0.15) is 5.75 Å². The van der Waals surface area contributed by atoms with Gasteiger partial charge in [0, 0.05) is 10.9 Å². The van der Waals surface area contributed by atoms with Crippen molar-refractivity contribution >= 4 is 15.9 Å². The summed E-state index contributed by atoms with van der Waals surface area (Å²) in [7, 11) is 6.37. The van der Waals surface area contributed by atoms with E-state index >= 15 is 0 Å². The van der Waals surface area contributed by atoms with Crippen molar-refractivity contribution in [2.24, 2.45) is 0 Å². The fourth-order valence-electron chi connectivity index (χ4n) is 2.21. The van der Waals surface area contributed by atoms with Gasteiger partial charge in [0.15, 0.2) is 11.5 Å². The second-order valence-corrected chi connectivity index (χ2v) is 5.39. The highest BCUT2D eigenvalue weighted by Gasteiger charge is 2.12. The largest absolute Gasteiger partial charge is 0.495 e. The first-order valence-electron chi connectivity index (χ1n) is 7.21. The number of benzene rings is 2. The first kappa shape index (κ1) is 18.0. The molecule has 126 valence electrons. The molecule has 0 bridgehead atoms. The zero-order chi connectivity index (χ0) is 17.5. The summed E-state index contributed by atoms with van der Waals surface area (Å²) in [5.41, 5.74) is 2.71. The van der Waals surface area contributed by atoms with Crippen LogP contribution in [0.4, 0.5) is 0 Å². The summed E-state index contributed by atoms with van der Waals surface area (Å²) in [4.78, 5) is 0. The molecule has 0 atom stereocenters. The quantitative estimate of drug-likeness (QED) is 0.570. The molecular weight excluding hydrogens is 372 g/mol. The lowest BCUT2D eigenvalue weighted by molar-refractivity contribution is 0.324. The highest BCUT2D eigenvalue weighted by molar-refractivity contribution is 9.08. The third-order valence-electron chi connectivity index (χ3n) is 3.43. The Balaban J connectivity index is 2.44. The summed E-state index contributed by atoms with van der Waals surface area (Å²) in [5, 5.41) is 0.768. The molecule has 0 aliphatic carbocycles. The summed E-state index contributed by atoms with van der Waals surface area (Å²) < 4.78 is 21.4. The number of hydrogen-bond acceptors (Lipinski definition) is 4. The van der Waals surface area contributed by atoms with Crippen LogP contribution in [-0.4, -0.2) is 28.4 Å². The average Bonchev–Trinajstić information content (AvgIpc) is 2.64. The molecule has 0 unspecified atom stereocenters. The van der Waals surface area contributed by atoms with Gasteiger partial charge in [-0.3, -0.25) is 0 Å². The van der Waals surface area contributed by atoms with E-state index in [1.54, 1.807) is 28.4 Å². The van der Waals surface area contributed by atoms with Crippen molar-refractivity contribution in [3.63, 3.8) is 0 Å². The molecule has 2 rings (SSSR count). The van der Waals surface area contributed by atoms with E-state index in [2.05, 4.69) is 27.8 Å². The smallest absolute Gasteiger partial charge is 0.203 e. The number of halogens is 1. The van der Waals surface area contributed by atoms with E-state index in [1.807, 2.05) is 30.3 Å². The Bertz CT molecular complexity index is 750. The van der Waals surface area contributed by atoms with E-state index in [0.717, 1.165) is 27.8 Å². The molecule has 0 fully saturated rings. The second kappa shape index (κ2) is 8.51. The van der Waals surface area contributed by atoms with Crippen LogP contribution in [0.5, 0.6) is 23.0 Å². The molecule has 2 aromatic rings. The lowest BCUT2D eigenvalue weighted by Crippen LogP contribution is -1.95. The van der Waals surface area contributed by atoms with Crippen molar-refractivity contribution in [2.45, 2.75) is 5.33 Å². The standard InChI is InChI=1S/C19H19BrO4/c1-21-16-11-14(12-20)6-8-15(16)7-5-13-9-17(22-2)19(24-4)18(10-13)23-3/h6,8-11H,12H2,1-4H3. The Morgan fingerprint density at radius 2 is 1.42 bits per heavy atom. The highest BCUT2D eigenvalue weighted by atomic mass is 79.9. The van der Waals surface area contributed by atoms with Crippen molar-refractivity contribution in [1.82, 2.24) is 0 Å². The molecule has 0 spiro atoms. The molecule has 0 aliphatic rings. The van der Waals surface area contributed by atoms with E-state index in [4.69, 9.17) is 18.9 Å². The highest BCUT2D eigenvalue weighted by Crippen LogP contribution is 2.38. The van der Waals surface area contributed by atoms with Crippen LogP contribution in [0.3, 0.4) is 0 Å². The molecule has 2 aromatic carbocycles. The van der Waals surface area contributed by atoms with Crippen LogP contribution >= 0.6 is 15.9 Å². The van der Waals surface area contributed by atoms with Gasteiger partial charge in [0.2, 0.25) is 5.75 Å². The van der Waals surface area contributed by atoms with Gasteiger partial charge in [-0.1, -0.05) is 33.8 Å². The fraction of sp³-hybridized carbons (Fsp3) is 0.263. The Morgan fingerprint density at radius 3 is 1.92 bits per heavy atom. The summed E-state index contributed by atoms with van der Waals surface area (Å²) in [5.74, 6) is 8.68. The summed E-state index contributed by atoms with van der Waals surface area (Å²) in [6, 6.07) is 9.55. The molecule has 0 aromatic heterocycles. The lowest BCUT2D eigenvalue weighted by atomic mass is 10.1. The Kier molecular flexibility index (Phi) is 6.39. The van der Waals surface area contributed by atoms with Crippen LogP contribution in [0.1, 0.15) is 16.7 Å². The molecule has 5 heteroatoms. The fourth-order valence-corrected chi connectivity index (χ4v) is 2.56. The molecule has 0 saturated heterocycles. The van der Waals surface area contributed by atoms with Gasteiger partial charge in [-0.15, -0.1) is 0 Å². The minimum atomic E-state index is 0.546. The van der Waals surface area contributed by atoms with Crippen molar-refractivity contribution in [1.29, 1.82) is 0 Å². The minimum absolute atomic E-state index is 0.546. The lowest BCUT2D eigenvalue weighted by Gasteiger charge is -2.12. The first-order valence-corrected chi connectivity index (χ1v) is 8.33. The minimum Gasteiger partial charge on any atom is -0.495 e. The van der Waals surface area contributed by atoms with Crippen molar-refractivity contribution in [3.05, 3.63) is 47.0 Å². The number of hydrogen-bond donors (Lipinski definition) is 0. The summed E-state index contributed by atoms with van der Waals surface area (Å²) in [6.07, 6.45) is 0. The average molecular weight is 391 g/mol. The van der Waals surface area contributed by atoms with Crippen LogP contribution in [0.25, 0.3) is 0 Å². The van der Waals surface area contributed by atoms with Crippen molar-refractivity contribution in [2.75, 3.05) is 28.4 Å². The topological polar surface area (TPSA) is 36.9 Å². The van der Waals surface area contributed by atoms with E-state index < -0.39 is 0 Å². The SMILES string of the molecule is COc1cc(CBr)ccc1C#Cc1cc(OC)c(OC)c(OC)c1. The van der Waals surface area contributed by atoms with E-state index in [0.29, 0.717) is 17.2 Å². The van der Waals surface area contributed by atoms with Gasteiger partial charge < -0.3 is 18.9 Å². The Hall–Kier alpha value is -2.32. The predicted octanol–water partition coefficient (Wildman–Crippen LogP) is 4.02. The van der Waals surface area contributed by atoms with Gasteiger partial charge >= 0.3 is 0 Å². The normalized spacial score (nSPS) is 9.71. The van der Waals surface area contributed by atoms with Crippen LogP contribution in [0.2, 0.25) is 0 Å². The number of rotatable bonds is 5. The third kappa shape index (κ3) is 3.95. The third-order valence-corrected chi connectivity index (χ3v) is 4.07. The molecule has 4 nitrogen and oxygen atoms in total. The molecule has 0 aliphatic heterocycles. The zero-order valence-electron chi connectivity index (χ0n) is 14.1. The maximum Gasteiger partial charge on any atom is 0.203 e. The Morgan fingerprint density at radius 1 is 0.792 bits per heavy atom. The monoisotopic (exact) mass is 390 g/mol. The van der Waals surface area contributed by atoms with Crippen LogP contribution < -0.4 is 18.9 Å². The van der Waals surface area contributed by atoms with Crippen LogP contribution in [-0.2, 0) is 5.33 Å². The maximum absolute atomic E-state index is 5.41. The molecule has 0 amide bonds. The van der Waals surface area contributed by atoms with E-state index in [1.165, 1.54) is 0 Å². The Labute approximate surface area is 150 Å². The zero-order valence-corrected chi connectivity index (χ0v) is 15.7. The number of ether oxygens (including phenoxy) is 4. The van der Waals surface area contributed by atoms with Gasteiger partial charge in [0.25, 0.3) is 0 Å². The van der Waals surface area contributed by atoms with Crippen LogP contribution in [0.15, 0.2) is 30.3 Å².